The smallest absolute Gasteiger partial charge is 0.341 e. The lowest BCUT2D eigenvalue weighted by Crippen LogP contribution is -2.58. The molecule has 2 aliphatic rings. The van der Waals surface area contributed by atoms with Crippen LogP contribution in [0.3, 0.4) is 0 Å². The predicted octanol–water partition coefficient (Wildman–Crippen LogP) is 1.39. The Morgan fingerprint density at radius 1 is 1.46 bits per heavy atom. The van der Waals surface area contributed by atoms with Crippen molar-refractivity contribution >= 4 is 15.8 Å². The van der Waals surface area contributed by atoms with Gasteiger partial charge in [-0.2, -0.15) is 14.0 Å². The monoisotopic (exact) mass is 414 g/mol. The number of rotatable bonds is 3. The Kier molecular flexibility index (Phi) is 5.20. The lowest BCUT2D eigenvalue weighted by molar-refractivity contribution is -0.0830. The number of sulfone groups is 1. The second-order valence-corrected chi connectivity index (χ2v) is 9.03. The topological polar surface area (TPSA) is 115 Å². The number of aliphatic hydroxyl groups is 1. The summed E-state index contributed by atoms with van der Waals surface area (Å²) >= 11 is 0. The van der Waals surface area contributed by atoms with Crippen LogP contribution in [0.2, 0.25) is 0 Å². The van der Waals surface area contributed by atoms with Crippen molar-refractivity contribution in [1.29, 1.82) is 5.26 Å². The predicted molar refractivity (Wildman–Crippen MR) is 95.5 cm³/mol. The number of nitrogens with one attached hydrogen (secondary N) is 1. The Labute approximate surface area is 161 Å². The molecule has 0 aliphatic carbocycles. The first kappa shape index (κ1) is 20.3. The Balaban J connectivity index is 2.17. The van der Waals surface area contributed by atoms with Gasteiger partial charge in [-0.05, 0) is 38.5 Å². The van der Waals surface area contributed by atoms with Gasteiger partial charge in [0, 0.05) is 18.7 Å². The molecule has 0 amide bonds. The molecule has 28 heavy (non-hydrogen) atoms. The number of aliphatic hydroxyl groups excluding tert-OH is 1. The number of hydrogen-bond donors (Lipinski definition) is 2. The average Bonchev–Trinajstić information content (AvgIpc) is 2.63. The fourth-order valence-corrected chi connectivity index (χ4v) is 4.20. The SMILES string of the molecule is CC1(C)Oc2ccc(S(=O)(=O)C(F)F)cc2C(N2CCCN/C2=N/C#N)C1O. The van der Waals surface area contributed by atoms with E-state index < -0.39 is 38.2 Å². The summed E-state index contributed by atoms with van der Waals surface area (Å²) in [5.41, 5.74) is -0.807. The molecule has 1 saturated heterocycles. The number of ether oxygens (including phenoxy) is 1. The number of aliphatic imine (C=N–C) groups is 1. The van der Waals surface area contributed by atoms with Crippen molar-refractivity contribution in [2.24, 2.45) is 4.99 Å². The van der Waals surface area contributed by atoms with E-state index in [1.54, 1.807) is 24.9 Å². The van der Waals surface area contributed by atoms with E-state index in [0.29, 0.717) is 19.5 Å². The van der Waals surface area contributed by atoms with Gasteiger partial charge in [0.25, 0.3) is 0 Å². The van der Waals surface area contributed by atoms with Crippen molar-refractivity contribution in [2.75, 3.05) is 13.1 Å². The molecule has 2 aliphatic heterocycles. The Hall–Kier alpha value is -2.45. The van der Waals surface area contributed by atoms with Crippen molar-refractivity contribution in [1.82, 2.24) is 10.2 Å². The Morgan fingerprint density at radius 3 is 2.82 bits per heavy atom. The summed E-state index contributed by atoms with van der Waals surface area (Å²) in [6.07, 6.45) is 1.23. The lowest BCUT2D eigenvalue weighted by Gasteiger charge is -2.48. The molecular weight excluding hydrogens is 394 g/mol. The van der Waals surface area contributed by atoms with Crippen molar-refractivity contribution in [2.45, 2.75) is 48.7 Å². The third kappa shape index (κ3) is 3.38. The van der Waals surface area contributed by atoms with Crippen LogP contribution in [0.5, 0.6) is 5.75 Å². The van der Waals surface area contributed by atoms with Crippen LogP contribution in [0.4, 0.5) is 8.78 Å². The molecule has 8 nitrogen and oxygen atoms in total. The van der Waals surface area contributed by atoms with E-state index in [4.69, 9.17) is 10.00 Å². The van der Waals surface area contributed by atoms with E-state index in [2.05, 4.69) is 10.3 Å². The molecule has 152 valence electrons. The van der Waals surface area contributed by atoms with E-state index in [1.807, 2.05) is 0 Å². The van der Waals surface area contributed by atoms with Gasteiger partial charge in [-0.3, -0.25) is 0 Å². The first-order chi connectivity index (χ1) is 13.1. The molecule has 2 atom stereocenters. The Morgan fingerprint density at radius 2 is 2.18 bits per heavy atom. The second-order valence-electron chi connectivity index (χ2n) is 7.11. The van der Waals surface area contributed by atoms with E-state index in [1.165, 1.54) is 6.07 Å². The maximum atomic E-state index is 13.0. The van der Waals surface area contributed by atoms with Gasteiger partial charge in [0.05, 0.1) is 10.9 Å². The molecule has 3 rings (SSSR count). The number of alkyl halides is 2. The molecule has 1 aromatic carbocycles. The molecule has 2 unspecified atom stereocenters. The molecule has 0 saturated carbocycles. The fourth-order valence-electron chi connectivity index (χ4n) is 3.44. The molecule has 1 fully saturated rings. The van der Waals surface area contributed by atoms with E-state index in [0.717, 1.165) is 12.1 Å². The minimum absolute atomic E-state index is 0.226. The third-order valence-corrected chi connectivity index (χ3v) is 6.25. The van der Waals surface area contributed by atoms with Crippen LogP contribution >= 0.6 is 0 Å². The van der Waals surface area contributed by atoms with E-state index >= 15 is 0 Å². The normalized spacial score (nSPS) is 25.6. The number of fused-ring (bicyclic) bond motifs is 1. The molecule has 11 heteroatoms. The lowest BCUT2D eigenvalue weighted by atomic mass is 9.85. The van der Waals surface area contributed by atoms with Gasteiger partial charge in [-0.15, -0.1) is 4.99 Å². The summed E-state index contributed by atoms with van der Waals surface area (Å²) in [5, 5.41) is 22.9. The Bertz CT molecular complexity index is 943. The first-order valence-electron chi connectivity index (χ1n) is 8.60. The third-order valence-electron chi connectivity index (χ3n) is 4.87. The highest BCUT2D eigenvalue weighted by Crippen LogP contribution is 2.44. The molecule has 1 aromatic rings. The van der Waals surface area contributed by atoms with Crippen molar-refractivity contribution < 1.29 is 27.0 Å². The van der Waals surface area contributed by atoms with Gasteiger partial charge in [0.15, 0.2) is 0 Å². The zero-order valence-corrected chi connectivity index (χ0v) is 16.1. The number of guanidine groups is 1. The number of benzene rings is 1. The molecule has 2 N–H and O–H groups in total. The van der Waals surface area contributed by atoms with Crippen molar-refractivity contribution in [3.8, 4) is 11.9 Å². The summed E-state index contributed by atoms with van der Waals surface area (Å²) in [4.78, 5) is 4.82. The van der Waals surface area contributed by atoms with Gasteiger partial charge in [0.1, 0.15) is 17.5 Å². The molecule has 2 heterocycles. The highest BCUT2D eigenvalue weighted by Gasteiger charge is 2.47. The second kappa shape index (κ2) is 7.18. The van der Waals surface area contributed by atoms with Crippen LogP contribution in [0.25, 0.3) is 0 Å². The van der Waals surface area contributed by atoms with Crippen molar-refractivity contribution in [3.05, 3.63) is 23.8 Å². The summed E-state index contributed by atoms with van der Waals surface area (Å²) in [6.45, 7) is 4.33. The summed E-state index contributed by atoms with van der Waals surface area (Å²) < 4.78 is 55.7. The molecular formula is C17H20F2N4O4S. The maximum absolute atomic E-state index is 13.0. The number of nitrogens with zero attached hydrogens (tertiary/aromatic N) is 3. The van der Waals surface area contributed by atoms with Crippen LogP contribution < -0.4 is 10.1 Å². The highest BCUT2D eigenvalue weighted by molar-refractivity contribution is 7.91. The molecule has 0 radical (unpaired) electrons. The summed E-state index contributed by atoms with van der Waals surface area (Å²) in [6, 6.07) is 2.62. The van der Waals surface area contributed by atoms with Gasteiger partial charge in [-0.25, -0.2) is 8.42 Å². The van der Waals surface area contributed by atoms with Crippen LogP contribution in [0, 0.1) is 11.5 Å². The largest absolute Gasteiger partial charge is 0.485 e. The molecule has 0 bridgehead atoms. The minimum atomic E-state index is -4.82. The van der Waals surface area contributed by atoms with Crippen LogP contribution in [-0.4, -0.2) is 54.9 Å². The zero-order valence-electron chi connectivity index (χ0n) is 15.3. The number of halogens is 2. The van der Waals surface area contributed by atoms with E-state index in [9.17, 15) is 22.3 Å². The van der Waals surface area contributed by atoms with Crippen LogP contribution in [-0.2, 0) is 9.84 Å². The average molecular weight is 414 g/mol. The molecule has 0 aromatic heterocycles. The van der Waals surface area contributed by atoms with E-state index in [-0.39, 0.29) is 17.3 Å². The van der Waals surface area contributed by atoms with Gasteiger partial charge in [0.2, 0.25) is 22.0 Å². The standard InChI is InChI=1S/C17H20F2N4O4S/c1-17(2)14(24)13(23-7-3-6-21-16(23)22-9-20)11-8-10(4-5-12(11)27-17)28(25,26)15(18)19/h4-5,8,13-15,24H,3,6-7H2,1-2H3,(H,21,22). The molecule has 0 spiro atoms. The maximum Gasteiger partial charge on any atom is 0.341 e. The highest BCUT2D eigenvalue weighted by atomic mass is 32.2. The van der Waals surface area contributed by atoms with Crippen molar-refractivity contribution in [3.63, 3.8) is 0 Å². The van der Waals surface area contributed by atoms with Gasteiger partial charge < -0.3 is 20.1 Å². The number of hydrogen-bond acceptors (Lipinski definition) is 6. The number of nitriles is 1. The van der Waals surface area contributed by atoms with Crippen LogP contribution in [0.1, 0.15) is 31.9 Å². The quantitative estimate of drug-likeness (QED) is 0.718. The fraction of sp³-hybridized carbons (Fsp3) is 0.529. The van der Waals surface area contributed by atoms with Gasteiger partial charge in [-0.1, -0.05) is 0 Å². The first-order valence-corrected chi connectivity index (χ1v) is 10.1. The summed E-state index contributed by atoms with van der Waals surface area (Å²) in [5.74, 6) is -3.07. The van der Waals surface area contributed by atoms with Crippen LogP contribution in [0.15, 0.2) is 28.1 Å². The summed E-state index contributed by atoms with van der Waals surface area (Å²) in [7, 11) is -4.82. The minimum Gasteiger partial charge on any atom is -0.485 e. The van der Waals surface area contributed by atoms with Gasteiger partial charge >= 0.3 is 5.76 Å². The zero-order chi connectivity index (χ0) is 20.7.